The number of benzene rings is 1. The molecule has 2 N–H and O–H groups in total. The van der Waals surface area contributed by atoms with Gasteiger partial charge < -0.3 is 24.7 Å². The van der Waals surface area contributed by atoms with Crippen molar-refractivity contribution in [3.05, 3.63) is 41.0 Å². The van der Waals surface area contributed by atoms with Gasteiger partial charge in [-0.1, -0.05) is 11.2 Å². The van der Waals surface area contributed by atoms with Crippen LogP contribution in [0.2, 0.25) is 0 Å². The fourth-order valence-electron chi connectivity index (χ4n) is 5.63. The van der Waals surface area contributed by atoms with Crippen molar-refractivity contribution >= 4 is 23.0 Å². The summed E-state index contributed by atoms with van der Waals surface area (Å²) >= 11 is 0. The topological polar surface area (TPSA) is 136 Å². The number of nitrogens with zero attached hydrogens (tertiary/aromatic N) is 4. The summed E-state index contributed by atoms with van der Waals surface area (Å²) in [6, 6.07) is -0.694. The van der Waals surface area contributed by atoms with Crippen molar-refractivity contribution in [3.63, 3.8) is 0 Å². The first-order valence-electron chi connectivity index (χ1n) is 14.1. The van der Waals surface area contributed by atoms with E-state index in [0.29, 0.717) is 5.56 Å². The number of alkyl halides is 8. The highest BCUT2D eigenvalue weighted by Crippen LogP contribution is 2.42. The van der Waals surface area contributed by atoms with Crippen molar-refractivity contribution in [1.29, 1.82) is 0 Å². The predicted molar refractivity (Wildman–Crippen MR) is 139 cm³/mol. The summed E-state index contributed by atoms with van der Waals surface area (Å²) in [5.74, 6) is -4.64. The van der Waals surface area contributed by atoms with Gasteiger partial charge in [0.25, 0.3) is 5.91 Å². The maximum atomic E-state index is 14.0. The summed E-state index contributed by atoms with van der Waals surface area (Å²) in [5.41, 5.74) is -0.169. The van der Waals surface area contributed by atoms with Gasteiger partial charge in [0.05, 0.1) is 19.2 Å². The molecule has 0 unspecified atom stereocenters. The van der Waals surface area contributed by atoms with Crippen LogP contribution < -0.4 is 10.6 Å². The van der Waals surface area contributed by atoms with Gasteiger partial charge in [-0.25, -0.2) is 23.2 Å². The minimum atomic E-state index is -4.67. The van der Waals surface area contributed by atoms with E-state index >= 15 is 0 Å². The second-order valence-corrected chi connectivity index (χ2v) is 11.3. The molecular weight excluding hydrogens is 640 g/mol. The Morgan fingerprint density at radius 3 is 2.52 bits per heavy atom. The summed E-state index contributed by atoms with van der Waals surface area (Å²) in [6.07, 6.45) is -12.3. The summed E-state index contributed by atoms with van der Waals surface area (Å²) in [5, 5.41) is 11.3. The molecule has 3 aromatic rings. The highest BCUT2D eigenvalue weighted by Gasteiger charge is 2.48. The van der Waals surface area contributed by atoms with E-state index in [1.165, 1.54) is 25.3 Å². The van der Waals surface area contributed by atoms with E-state index in [0.717, 1.165) is 4.90 Å². The number of aryl methyl sites for hydroxylation is 1. The number of hydrogen-bond donors (Lipinski definition) is 2. The molecule has 252 valence electrons. The summed E-state index contributed by atoms with van der Waals surface area (Å²) < 4.78 is 122. The molecule has 5 rings (SSSR count). The quantitative estimate of drug-likeness (QED) is 0.265. The van der Waals surface area contributed by atoms with E-state index in [1.807, 2.05) is 5.32 Å². The SMILES string of the molecule is COC[C@H](c1ccc2oc([C@@H](NC(=O)c3nonc3CCC(F)(F)F)C3CCC(F)(F)CC3)nc2c1)N1C[C@@H](C(F)(F)F)NC1=O. The molecule has 46 heavy (non-hydrogen) atoms. The molecule has 1 aliphatic heterocycles. The molecule has 3 heterocycles. The third-order valence-corrected chi connectivity index (χ3v) is 8.05. The molecule has 1 aliphatic carbocycles. The number of fused-ring (bicyclic) bond motifs is 1. The van der Waals surface area contributed by atoms with Crippen LogP contribution in [0.3, 0.4) is 0 Å². The number of hydrogen-bond acceptors (Lipinski definition) is 8. The van der Waals surface area contributed by atoms with Gasteiger partial charge in [0, 0.05) is 32.8 Å². The maximum absolute atomic E-state index is 14.0. The van der Waals surface area contributed by atoms with Crippen molar-refractivity contribution in [1.82, 2.24) is 30.8 Å². The number of amides is 3. The van der Waals surface area contributed by atoms with Gasteiger partial charge in [-0.2, -0.15) is 26.3 Å². The first-order valence-corrected chi connectivity index (χ1v) is 14.1. The predicted octanol–water partition coefficient (Wildman–Crippen LogP) is 5.65. The normalized spacial score (nSPS) is 20.6. The molecule has 2 fully saturated rings. The van der Waals surface area contributed by atoms with Gasteiger partial charge >= 0.3 is 18.4 Å². The van der Waals surface area contributed by atoms with Crippen LogP contribution >= 0.6 is 0 Å². The molecule has 1 aromatic carbocycles. The number of rotatable bonds is 10. The van der Waals surface area contributed by atoms with Crippen LogP contribution in [0, 0.1) is 5.92 Å². The fraction of sp³-hybridized carbons (Fsp3) is 0.593. The third kappa shape index (κ3) is 7.50. The van der Waals surface area contributed by atoms with Crippen molar-refractivity contribution in [2.24, 2.45) is 5.92 Å². The molecule has 1 saturated carbocycles. The minimum Gasteiger partial charge on any atom is -0.438 e. The van der Waals surface area contributed by atoms with Crippen molar-refractivity contribution < 1.29 is 58.5 Å². The molecule has 2 aliphatic rings. The first kappa shape index (κ1) is 33.3. The van der Waals surface area contributed by atoms with Crippen LogP contribution in [0.5, 0.6) is 0 Å². The summed E-state index contributed by atoms with van der Waals surface area (Å²) in [7, 11) is 1.31. The van der Waals surface area contributed by atoms with Crippen LogP contribution in [0.4, 0.5) is 39.9 Å². The Morgan fingerprint density at radius 1 is 1.17 bits per heavy atom. The summed E-state index contributed by atoms with van der Waals surface area (Å²) in [6.45, 7) is -0.827. The van der Waals surface area contributed by atoms with Crippen LogP contribution in [0.15, 0.2) is 27.2 Å². The minimum absolute atomic E-state index is 0.0553. The van der Waals surface area contributed by atoms with Crippen LogP contribution in [0.25, 0.3) is 11.1 Å². The largest absolute Gasteiger partial charge is 0.438 e. The van der Waals surface area contributed by atoms with E-state index in [2.05, 4.69) is 25.2 Å². The average molecular weight is 669 g/mol. The highest BCUT2D eigenvalue weighted by molar-refractivity contribution is 5.93. The zero-order valence-corrected chi connectivity index (χ0v) is 24.1. The van der Waals surface area contributed by atoms with Gasteiger partial charge in [0.15, 0.2) is 11.3 Å². The third-order valence-electron chi connectivity index (χ3n) is 8.05. The van der Waals surface area contributed by atoms with Gasteiger partial charge in [0.2, 0.25) is 11.8 Å². The smallest absolute Gasteiger partial charge is 0.410 e. The van der Waals surface area contributed by atoms with E-state index in [1.54, 1.807) is 0 Å². The van der Waals surface area contributed by atoms with Gasteiger partial charge in [-0.3, -0.25) is 4.79 Å². The first-order chi connectivity index (χ1) is 21.5. The lowest BCUT2D eigenvalue weighted by Gasteiger charge is -2.32. The average Bonchev–Trinajstić information content (AvgIpc) is 3.71. The molecule has 19 heteroatoms. The number of aromatic nitrogens is 3. The van der Waals surface area contributed by atoms with Crippen LogP contribution in [0.1, 0.15) is 71.8 Å². The lowest BCUT2D eigenvalue weighted by atomic mass is 9.82. The molecule has 0 spiro atoms. The molecule has 2 aromatic heterocycles. The van der Waals surface area contributed by atoms with E-state index in [-0.39, 0.29) is 42.1 Å². The molecule has 3 atom stereocenters. The standard InChI is InChI=1S/C27H28F8N6O5/c1-44-12-17(41-11-19(27(33,34)35)37-24(41)43)14-2-3-18-16(10-14)36-23(45-18)20(13-4-7-25(28,29)8-5-13)38-22(42)21-15(39-46-40-21)6-9-26(30,31)32/h2-3,10,13,17,19-20H,4-9,11-12H2,1H3,(H,37,43)(H,38,42)/t17-,19+,20+/m1/s1. The van der Waals surface area contributed by atoms with Crippen molar-refractivity contribution in [2.75, 3.05) is 20.3 Å². The fourth-order valence-corrected chi connectivity index (χ4v) is 5.63. The van der Waals surface area contributed by atoms with Crippen molar-refractivity contribution in [2.45, 2.75) is 74.9 Å². The second kappa shape index (κ2) is 12.6. The number of nitrogens with one attached hydrogen (secondary N) is 2. The van der Waals surface area contributed by atoms with Gasteiger partial charge in [-0.05, 0) is 41.6 Å². The molecule has 11 nitrogen and oxygen atoms in total. The monoisotopic (exact) mass is 668 g/mol. The summed E-state index contributed by atoms with van der Waals surface area (Å²) in [4.78, 5) is 31.1. The zero-order chi connectivity index (χ0) is 33.4. The number of oxazole rings is 1. The van der Waals surface area contributed by atoms with E-state index < -0.39 is 92.2 Å². The second-order valence-electron chi connectivity index (χ2n) is 11.3. The molecule has 0 radical (unpaired) electrons. The maximum Gasteiger partial charge on any atom is 0.410 e. The lowest BCUT2D eigenvalue weighted by molar-refractivity contribution is -0.150. The highest BCUT2D eigenvalue weighted by atomic mass is 19.4. The molecular formula is C27H28F8N6O5. The number of carbonyl (C=O) groups excluding carboxylic acids is 2. The van der Waals surface area contributed by atoms with Gasteiger partial charge in [-0.15, -0.1) is 0 Å². The van der Waals surface area contributed by atoms with E-state index in [4.69, 9.17) is 9.15 Å². The van der Waals surface area contributed by atoms with Crippen molar-refractivity contribution in [3.8, 4) is 0 Å². The zero-order valence-electron chi connectivity index (χ0n) is 24.1. The number of halogens is 8. The van der Waals surface area contributed by atoms with Crippen LogP contribution in [-0.2, 0) is 11.2 Å². The Bertz CT molecular complexity index is 1550. The Kier molecular flexibility index (Phi) is 9.16. The number of urea groups is 1. The lowest BCUT2D eigenvalue weighted by Crippen LogP contribution is -2.40. The Balaban J connectivity index is 1.43. The van der Waals surface area contributed by atoms with Crippen LogP contribution in [-0.4, -0.2) is 76.7 Å². The molecule has 0 bridgehead atoms. The Labute approximate surface area is 254 Å². The van der Waals surface area contributed by atoms with Gasteiger partial charge in [0.1, 0.15) is 23.3 Å². The Hall–Kier alpha value is -4.03. The van der Waals surface area contributed by atoms with E-state index in [9.17, 15) is 44.7 Å². The molecule has 3 amide bonds. The molecule has 1 saturated heterocycles. The number of methoxy groups -OCH3 is 1. The Morgan fingerprint density at radius 2 is 1.89 bits per heavy atom. The number of ether oxygens (including phenoxy) is 1. The number of carbonyl (C=O) groups is 2.